The first-order valence-corrected chi connectivity index (χ1v) is 7.26. The number of amides is 1. The van der Waals surface area contributed by atoms with Crippen molar-refractivity contribution in [2.75, 3.05) is 6.61 Å². The number of carbonyl (C=O) groups is 2. The molecule has 0 aliphatic heterocycles. The molecule has 1 amide bonds. The number of carbonyl (C=O) groups excluding carboxylic acids is 2. The molecule has 0 aliphatic carbocycles. The monoisotopic (exact) mass is 341 g/mol. The summed E-state index contributed by atoms with van der Waals surface area (Å²) in [6.45, 7) is 3.49. The van der Waals surface area contributed by atoms with E-state index in [9.17, 15) is 9.59 Å². The number of hydrogen-bond acceptors (Lipinski definition) is 3. The molecule has 1 unspecified atom stereocenters. The second-order valence-electron chi connectivity index (χ2n) is 5.36. The number of ether oxygens (including phenoxy) is 1. The summed E-state index contributed by atoms with van der Waals surface area (Å²) in [4.78, 5) is 22.1. The van der Waals surface area contributed by atoms with Crippen LogP contribution in [-0.2, 0) is 20.7 Å². The lowest BCUT2D eigenvalue weighted by molar-refractivity contribution is -0.145. The molecule has 1 rings (SSSR count). The normalized spacial score (nSPS) is 13.6. The van der Waals surface area contributed by atoms with Crippen LogP contribution in [0.15, 0.2) is 28.7 Å². The maximum absolute atomic E-state index is 11.2. The lowest BCUT2D eigenvalue weighted by Crippen LogP contribution is -2.31. The molecule has 1 atom stereocenters. The number of aryl methyl sites for hydroxylation is 1. The molecule has 0 heterocycles. The molecule has 0 aliphatic rings. The first-order chi connectivity index (χ1) is 9.31. The van der Waals surface area contributed by atoms with E-state index in [0.29, 0.717) is 0 Å². The minimum atomic E-state index is -0.426. The highest BCUT2D eigenvalue weighted by Crippen LogP contribution is 2.28. The molecule has 1 aromatic rings. The van der Waals surface area contributed by atoms with Crippen molar-refractivity contribution in [3.63, 3.8) is 0 Å². The standard InChI is InChI=1S/C15H20BrNO3/c1-11(18)20-10-15(2,9-14(17)19)8-7-12-3-5-13(16)6-4-12/h3-6H,7-10H2,1-2H3,(H2,17,19). The number of halogens is 1. The van der Waals surface area contributed by atoms with Gasteiger partial charge in [0.15, 0.2) is 0 Å². The van der Waals surface area contributed by atoms with Crippen molar-refractivity contribution < 1.29 is 14.3 Å². The maximum atomic E-state index is 11.2. The van der Waals surface area contributed by atoms with Crippen molar-refractivity contribution in [3.05, 3.63) is 34.3 Å². The Labute approximate surface area is 127 Å². The Balaban J connectivity index is 2.65. The Morgan fingerprint density at radius 1 is 1.30 bits per heavy atom. The minimum absolute atomic E-state index is 0.205. The van der Waals surface area contributed by atoms with E-state index < -0.39 is 5.41 Å². The molecule has 0 fully saturated rings. The lowest BCUT2D eigenvalue weighted by Gasteiger charge is -2.27. The molecule has 0 aromatic heterocycles. The smallest absolute Gasteiger partial charge is 0.302 e. The minimum Gasteiger partial charge on any atom is -0.465 e. The van der Waals surface area contributed by atoms with Crippen molar-refractivity contribution in [1.29, 1.82) is 0 Å². The zero-order chi connectivity index (χ0) is 15.2. The molecule has 0 radical (unpaired) electrons. The van der Waals surface area contributed by atoms with Crippen LogP contribution >= 0.6 is 15.9 Å². The highest BCUT2D eigenvalue weighted by Gasteiger charge is 2.28. The lowest BCUT2D eigenvalue weighted by atomic mass is 9.81. The van der Waals surface area contributed by atoms with E-state index >= 15 is 0 Å². The van der Waals surface area contributed by atoms with E-state index in [0.717, 1.165) is 17.3 Å². The Morgan fingerprint density at radius 2 is 1.90 bits per heavy atom. The third-order valence-electron chi connectivity index (χ3n) is 3.16. The summed E-state index contributed by atoms with van der Waals surface area (Å²) >= 11 is 3.39. The molecule has 0 saturated heterocycles. The topological polar surface area (TPSA) is 69.4 Å². The third kappa shape index (κ3) is 6.19. The van der Waals surface area contributed by atoms with Gasteiger partial charge in [0, 0.05) is 23.2 Å². The van der Waals surface area contributed by atoms with Gasteiger partial charge in [-0.2, -0.15) is 0 Å². The highest BCUT2D eigenvalue weighted by molar-refractivity contribution is 9.10. The van der Waals surface area contributed by atoms with E-state index in [-0.39, 0.29) is 24.9 Å². The van der Waals surface area contributed by atoms with Crippen LogP contribution in [0.4, 0.5) is 0 Å². The first-order valence-electron chi connectivity index (χ1n) is 6.47. The summed E-state index contributed by atoms with van der Waals surface area (Å²) in [7, 11) is 0. The van der Waals surface area contributed by atoms with Crippen LogP contribution in [0.25, 0.3) is 0 Å². The number of benzene rings is 1. The molecule has 2 N–H and O–H groups in total. The third-order valence-corrected chi connectivity index (χ3v) is 3.68. The molecular weight excluding hydrogens is 322 g/mol. The second kappa shape index (κ2) is 7.43. The predicted octanol–water partition coefficient (Wildman–Crippen LogP) is 2.83. The molecule has 4 nitrogen and oxygen atoms in total. The fraction of sp³-hybridized carbons (Fsp3) is 0.467. The summed E-state index contributed by atoms with van der Waals surface area (Å²) in [6, 6.07) is 8.01. The predicted molar refractivity (Wildman–Crippen MR) is 81.0 cm³/mol. The van der Waals surface area contributed by atoms with Gasteiger partial charge in [-0.15, -0.1) is 0 Å². The maximum Gasteiger partial charge on any atom is 0.302 e. The van der Waals surface area contributed by atoms with Gasteiger partial charge in [0.1, 0.15) is 0 Å². The van der Waals surface area contributed by atoms with Crippen LogP contribution in [0, 0.1) is 5.41 Å². The fourth-order valence-corrected chi connectivity index (χ4v) is 2.27. The number of nitrogens with two attached hydrogens (primary N) is 1. The van der Waals surface area contributed by atoms with Gasteiger partial charge in [0.25, 0.3) is 0 Å². The van der Waals surface area contributed by atoms with E-state index in [1.807, 2.05) is 31.2 Å². The Kier molecular flexibility index (Phi) is 6.20. The number of rotatable bonds is 7. The average molecular weight is 342 g/mol. The van der Waals surface area contributed by atoms with Gasteiger partial charge in [-0.3, -0.25) is 9.59 Å². The Morgan fingerprint density at radius 3 is 2.40 bits per heavy atom. The van der Waals surface area contributed by atoms with Crippen LogP contribution in [0.3, 0.4) is 0 Å². The quantitative estimate of drug-likeness (QED) is 0.775. The highest BCUT2D eigenvalue weighted by atomic mass is 79.9. The van der Waals surface area contributed by atoms with Crippen molar-refractivity contribution in [2.45, 2.75) is 33.1 Å². The van der Waals surface area contributed by atoms with Gasteiger partial charge in [-0.25, -0.2) is 0 Å². The molecule has 1 aromatic carbocycles. The van der Waals surface area contributed by atoms with Crippen LogP contribution in [0.2, 0.25) is 0 Å². The largest absolute Gasteiger partial charge is 0.465 e. The van der Waals surface area contributed by atoms with Crippen molar-refractivity contribution in [1.82, 2.24) is 0 Å². The fourth-order valence-electron chi connectivity index (χ4n) is 2.01. The number of esters is 1. The van der Waals surface area contributed by atoms with E-state index in [2.05, 4.69) is 15.9 Å². The van der Waals surface area contributed by atoms with Gasteiger partial charge < -0.3 is 10.5 Å². The molecular formula is C15H20BrNO3. The molecule has 110 valence electrons. The van der Waals surface area contributed by atoms with Gasteiger partial charge in [-0.05, 0) is 30.5 Å². The number of primary amides is 1. The summed E-state index contributed by atoms with van der Waals surface area (Å²) in [5.74, 6) is -0.722. The van der Waals surface area contributed by atoms with Gasteiger partial charge in [0.05, 0.1) is 6.61 Å². The van der Waals surface area contributed by atoms with E-state index in [1.54, 1.807) is 0 Å². The van der Waals surface area contributed by atoms with Crippen LogP contribution < -0.4 is 5.73 Å². The summed E-state index contributed by atoms with van der Waals surface area (Å²) < 4.78 is 6.09. The molecule has 20 heavy (non-hydrogen) atoms. The van der Waals surface area contributed by atoms with E-state index in [1.165, 1.54) is 12.5 Å². The van der Waals surface area contributed by atoms with Gasteiger partial charge >= 0.3 is 5.97 Å². The summed E-state index contributed by atoms with van der Waals surface area (Å²) in [5, 5.41) is 0. The summed E-state index contributed by atoms with van der Waals surface area (Å²) in [6.07, 6.45) is 1.74. The van der Waals surface area contributed by atoms with E-state index in [4.69, 9.17) is 10.5 Å². The Hall–Kier alpha value is -1.36. The molecule has 0 spiro atoms. The van der Waals surface area contributed by atoms with Crippen molar-refractivity contribution in [2.24, 2.45) is 11.1 Å². The second-order valence-corrected chi connectivity index (χ2v) is 6.28. The van der Waals surface area contributed by atoms with Gasteiger partial charge in [-0.1, -0.05) is 35.0 Å². The SMILES string of the molecule is CC(=O)OCC(C)(CCc1ccc(Br)cc1)CC(N)=O. The first kappa shape index (κ1) is 16.7. The van der Waals surface area contributed by atoms with Crippen LogP contribution in [0.5, 0.6) is 0 Å². The van der Waals surface area contributed by atoms with Crippen molar-refractivity contribution >= 4 is 27.8 Å². The van der Waals surface area contributed by atoms with Crippen molar-refractivity contribution in [3.8, 4) is 0 Å². The summed E-state index contributed by atoms with van der Waals surface area (Å²) in [5.41, 5.74) is 6.04. The number of hydrogen-bond donors (Lipinski definition) is 1. The average Bonchev–Trinajstić information content (AvgIpc) is 2.35. The molecule has 0 saturated carbocycles. The zero-order valence-corrected chi connectivity index (χ0v) is 13.4. The Bertz CT molecular complexity index is 473. The zero-order valence-electron chi connectivity index (χ0n) is 11.8. The van der Waals surface area contributed by atoms with Gasteiger partial charge in [0.2, 0.25) is 5.91 Å². The van der Waals surface area contributed by atoms with Crippen LogP contribution in [0.1, 0.15) is 32.3 Å². The molecule has 5 heteroatoms. The van der Waals surface area contributed by atoms with Crippen LogP contribution in [-0.4, -0.2) is 18.5 Å². The molecule has 0 bridgehead atoms.